The summed E-state index contributed by atoms with van der Waals surface area (Å²) in [5.41, 5.74) is 1.38. The summed E-state index contributed by atoms with van der Waals surface area (Å²) in [4.78, 5) is 2.53. The average molecular weight is 272 g/mol. The van der Waals surface area contributed by atoms with E-state index < -0.39 is 0 Å². The normalized spacial score (nSPS) is 23.6. The van der Waals surface area contributed by atoms with Gasteiger partial charge in [0.1, 0.15) is 0 Å². The largest absolute Gasteiger partial charge is 0.349 e. The first-order valence-electron chi connectivity index (χ1n) is 7.09. The second-order valence-electron chi connectivity index (χ2n) is 5.41. The molecule has 20 heavy (non-hydrogen) atoms. The van der Waals surface area contributed by atoms with Gasteiger partial charge in [-0.2, -0.15) is 5.21 Å². The second-order valence-corrected chi connectivity index (χ2v) is 5.41. The van der Waals surface area contributed by atoms with Crippen LogP contribution < -0.4 is 5.32 Å². The molecule has 0 amide bonds. The molecule has 2 aromatic rings. The number of aromatic nitrogens is 4. The molecule has 2 atom stereocenters. The van der Waals surface area contributed by atoms with Gasteiger partial charge in [-0.05, 0) is 30.5 Å². The van der Waals surface area contributed by atoms with Gasteiger partial charge in [0.2, 0.25) is 0 Å². The van der Waals surface area contributed by atoms with Gasteiger partial charge < -0.3 is 5.32 Å². The Hall–Kier alpha value is -1.95. The monoisotopic (exact) mass is 272 g/mol. The van der Waals surface area contributed by atoms with Crippen LogP contribution >= 0.6 is 0 Å². The van der Waals surface area contributed by atoms with Gasteiger partial charge in [0, 0.05) is 25.2 Å². The average Bonchev–Trinajstić information content (AvgIpc) is 2.96. The molecule has 106 valence electrons. The fourth-order valence-corrected chi connectivity index (χ4v) is 2.81. The number of piperidine rings is 1. The minimum atomic E-state index is 0.426. The number of aromatic amines is 1. The van der Waals surface area contributed by atoms with E-state index in [-0.39, 0.29) is 0 Å². The van der Waals surface area contributed by atoms with E-state index >= 15 is 0 Å². The van der Waals surface area contributed by atoms with Crippen LogP contribution in [0.3, 0.4) is 0 Å². The van der Waals surface area contributed by atoms with Gasteiger partial charge in [0.05, 0.1) is 0 Å². The predicted octanol–water partition coefficient (Wildman–Crippen LogP) is 1.66. The third-order valence-electron chi connectivity index (χ3n) is 3.92. The summed E-state index contributed by atoms with van der Waals surface area (Å²) in [6.45, 7) is 4.40. The van der Waals surface area contributed by atoms with Gasteiger partial charge in [-0.15, -0.1) is 5.10 Å². The van der Waals surface area contributed by atoms with Crippen LogP contribution in [-0.2, 0) is 6.54 Å². The first-order chi connectivity index (χ1) is 9.81. The number of H-pyrrole nitrogens is 1. The molecule has 1 fully saturated rings. The zero-order chi connectivity index (χ0) is 13.8. The summed E-state index contributed by atoms with van der Waals surface area (Å²) in [7, 11) is 0. The quantitative estimate of drug-likeness (QED) is 0.886. The molecular weight excluding hydrogens is 252 g/mol. The molecule has 1 aromatic heterocycles. The zero-order valence-electron chi connectivity index (χ0n) is 11.7. The van der Waals surface area contributed by atoms with Crippen molar-refractivity contribution in [1.82, 2.24) is 25.5 Å². The molecule has 2 heterocycles. The van der Waals surface area contributed by atoms with Crippen LogP contribution in [0.25, 0.3) is 0 Å². The van der Waals surface area contributed by atoms with Crippen LogP contribution in [0.2, 0.25) is 0 Å². The van der Waals surface area contributed by atoms with Gasteiger partial charge in [-0.25, -0.2) is 0 Å². The molecule has 2 N–H and O–H groups in total. The molecular formula is C14H20N6. The number of tetrazole rings is 1. The van der Waals surface area contributed by atoms with Crippen molar-refractivity contribution in [2.75, 3.05) is 11.9 Å². The van der Waals surface area contributed by atoms with Crippen LogP contribution in [0.15, 0.2) is 30.3 Å². The standard InChI is InChI=1S/C14H20N6/c1-11-9-13(15-14-16-18-19-17-14)7-8-20(11)10-12-5-3-2-4-6-12/h2-6,11,13H,7-10H2,1H3,(H2,15,16,17,18,19). The van der Waals surface area contributed by atoms with Crippen LogP contribution in [0.5, 0.6) is 0 Å². The lowest BCUT2D eigenvalue weighted by molar-refractivity contribution is 0.144. The van der Waals surface area contributed by atoms with E-state index in [0.29, 0.717) is 18.0 Å². The van der Waals surface area contributed by atoms with Gasteiger partial charge in [0.15, 0.2) is 0 Å². The zero-order valence-corrected chi connectivity index (χ0v) is 11.7. The SMILES string of the molecule is CC1CC(Nc2nn[nH]n2)CCN1Cc1ccccc1. The van der Waals surface area contributed by atoms with E-state index in [9.17, 15) is 0 Å². The summed E-state index contributed by atoms with van der Waals surface area (Å²) in [5, 5.41) is 17.3. The fourth-order valence-electron chi connectivity index (χ4n) is 2.81. The van der Waals surface area contributed by atoms with Crippen LogP contribution in [0.1, 0.15) is 25.3 Å². The Bertz CT molecular complexity index is 512. The summed E-state index contributed by atoms with van der Waals surface area (Å²) >= 11 is 0. The number of nitrogens with zero attached hydrogens (tertiary/aromatic N) is 4. The van der Waals surface area contributed by atoms with Crippen molar-refractivity contribution in [2.45, 2.75) is 38.4 Å². The molecule has 0 saturated carbocycles. The van der Waals surface area contributed by atoms with Crippen LogP contribution in [0.4, 0.5) is 5.95 Å². The maximum Gasteiger partial charge on any atom is 0.263 e. The van der Waals surface area contributed by atoms with Crippen molar-refractivity contribution in [2.24, 2.45) is 0 Å². The molecule has 1 aromatic carbocycles. The summed E-state index contributed by atoms with van der Waals surface area (Å²) in [6, 6.07) is 11.6. The number of benzene rings is 1. The van der Waals surface area contributed by atoms with Crippen molar-refractivity contribution < 1.29 is 0 Å². The molecule has 6 heteroatoms. The molecule has 0 aliphatic carbocycles. The number of rotatable bonds is 4. The van der Waals surface area contributed by atoms with E-state index in [1.807, 2.05) is 0 Å². The van der Waals surface area contributed by atoms with Crippen LogP contribution in [-0.4, -0.2) is 44.2 Å². The topological polar surface area (TPSA) is 69.7 Å². The van der Waals surface area contributed by atoms with E-state index in [2.05, 4.69) is 68.1 Å². The molecule has 1 aliphatic heterocycles. The molecule has 2 unspecified atom stereocenters. The van der Waals surface area contributed by atoms with E-state index in [1.165, 1.54) is 5.56 Å². The Morgan fingerprint density at radius 3 is 2.90 bits per heavy atom. The molecule has 0 bridgehead atoms. The Labute approximate surface area is 118 Å². The van der Waals surface area contributed by atoms with Crippen molar-refractivity contribution in [3.63, 3.8) is 0 Å². The number of hydrogen-bond donors (Lipinski definition) is 2. The first-order valence-corrected chi connectivity index (χ1v) is 7.09. The number of likely N-dealkylation sites (tertiary alicyclic amines) is 1. The molecule has 0 radical (unpaired) electrons. The lowest BCUT2D eigenvalue weighted by Gasteiger charge is -2.37. The highest BCUT2D eigenvalue weighted by Gasteiger charge is 2.25. The van der Waals surface area contributed by atoms with Crippen molar-refractivity contribution in [1.29, 1.82) is 0 Å². The maximum atomic E-state index is 3.95. The molecule has 3 rings (SSSR count). The lowest BCUT2D eigenvalue weighted by Crippen LogP contribution is -2.44. The molecule has 1 aliphatic rings. The highest BCUT2D eigenvalue weighted by atomic mass is 15.5. The van der Waals surface area contributed by atoms with E-state index in [0.717, 1.165) is 25.9 Å². The van der Waals surface area contributed by atoms with Gasteiger partial charge in [-0.1, -0.05) is 35.4 Å². The second kappa shape index (κ2) is 6.00. The molecule has 0 spiro atoms. The van der Waals surface area contributed by atoms with Gasteiger partial charge in [-0.3, -0.25) is 4.90 Å². The number of nitrogens with one attached hydrogen (secondary N) is 2. The summed E-state index contributed by atoms with van der Waals surface area (Å²) in [5.74, 6) is 0.596. The highest BCUT2D eigenvalue weighted by Crippen LogP contribution is 2.21. The van der Waals surface area contributed by atoms with Gasteiger partial charge >= 0.3 is 0 Å². The van der Waals surface area contributed by atoms with E-state index in [4.69, 9.17) is 0 Å². The van der Waals surface area contributed by atoms with Crippen molar-refractivity contribution >= 4 is 5.95 Å². The maximum absolute atomic E-state index is 3.95. The van der Waals surface area contributed by atoms with Crippen LogP contribution in [0, 0.1) is 0 Å². The third kappa shape index (κ3) is 3.14. The Balaban J connectivity index is 1.54. The molecule has 1 saturated heterocycles. The molecule has 6 nitrogen and oxygen atoms in total. The summed E-state index contributed by atoms with van der Waals surface area (Å²) in [6.07, 6.45) is 2.20. The minimum absolute atomic E-state index is 0.426. The van der Waals surface area contributed by atoms with Crippen molar-refractivity contribution in [3.05, 3.63) is 35.9 Å². The number of hydrogen-bond acceptors (Lipinski definition) is 5. The Kier molecular flexibility index (Phi) is 3.92. The lowest BCUT2D eigenvalue weighted by atomic mass is 9.97. The Morgan fingerprint density at radius 2 is 2.20 bits per heavy atom. The predicted molar refractivity (Wildman–Crippen MR) is 77.1 cm³/mol. The Morgan fingerprint density at radius 1 is 1.35 bits per heavy atom. The van der Waals surface area contributed by atoms with Gasteiger partial charge in [0.25, 0.3) is 5.95 Å². The summed E-state index contributed by atoms with van der Waals surface area (Å²) < 4.78 is 0. The smallest absolute Gasteiger partial charge is 0.263 e. The minimum Gasteiger partial charge on any atom is -0.349 e. The van der Waals surface area contributed by atoms with E-state index in [1.54, 1.807) is 0 Å². The first kappa shape index (κ1) is 13.1. The van der Waals surface area contributed by atoms with Crippen molar-refractivity contribution in [3.8, 4) is 0 Å². The highest BCUT2D eigenvalue weighted by molar-refractivity contribution is 5.22. The third-order valence-corrected chi connectivity index (χ3v) is 3.92. The number of anilines is 1. The fraction of sp³-hybridized carbons (Fsp3) is 0.500.